The number of nitriles is 1. The van der Waals surface area contributed by atoms with Crippen molar-refractivity contribution in [2.24, 2.45) is 5.73 Å². The molecule has 3 aromatic heterocycles. The number of hydrogen-bond donors (Lipinski definition) is 2. The van der Waals surface area contributed by atoms with Crippen molar-refractivity contribution in [3.63, 3.8) is 0 Å². The molecule has 4 aromatic rings. The van der Waals surface area contributed by atoms with Crippen molar-refractivity contribution in [3.8, 4) is 28.8 Å². The van der Waals surface area contributed by atoms with Crippen LogP contribution in [0.15, 0.2) is 36.8 Å². The first-order valence-electron chi connectivity index (χ1n) is 12.3. The lowest BCUT2D eigenvalue weighted by molar-refractivity contribution is 0.0806. The average molecular weight is 568 g/mol. The number of hydrogen-bond acceptors (Lipinski definition) is 9. The quantitative estimate of drug-likeness (QED) is 0.289. The normalized spacial score (nSPS) is 15.1. The molecule has 10 nitrogen and oxygen atoms in total. The van der Waals surface area contributed by atoms with Gasteiger partial charge in [-0.15, -0.1) is 0 Å². The van der Waals surface area contributed by atoms with Crippen molar-refractivity contribution in [1.82, 2.24) is 20.2 Å². The van der Waals surface area contributed by atoms with Crippen LogP contribution in [-0.2, 0) is 4.74 Å². The Balaban J connectivity index is 1.46. The largest absolute Gasteiger partial charge is 0.493 e. The topological polar surface area (TPSA) is 135 Å². The monoisotopic (exact) mass is 567 g/mol. The number of H-pyrrole nitrogens is 1. The van der Waals surface area contributed by atoms with E-state index in [9.17, 15) is 5.26 Å². The van der Waals surface area contributed by atoms with E-state index in [0.29, 0.717) is 76.0 Å². The predicted octanol–water partition coefficient (Wildman–Crippen LogP) is 4.90. The number of rotatable bonds is 9. The maximum absolute atomic E-state index is 9.89. The Hall–Kier alpha value is -3.62. The molecular weight excluding hydrogens is 541 g/mol. The van der Waals surface area contributed by atoms with Gasteiger partial charge in [0, 0.05) is 60.9 Å². The number of benzene rings is 1. The van der Waals surface area contributed by atoms with Crippen molar-refractivity contribution in [2.75, 3.05) is 38.3 Å². The van der Waals surface area contributed by atoms with Crippen LogP contribution in [0.5, 0.6) is 11.5 Å². The predicted molar refractivity (Wildman–Crippen MR) is 150 cm³/mol. The lowest BCUT2D eigenvalue weighted by Crippen LogP contribution is -2.70. The molecule has 39 heavy (non-hydrogen) atoms. The third-order valence-corrected chi connectivity index (χ3v) is 7.22. The van der Waals surface area contributed by atoms with Gasteiger partial charge in [-0.1, -0.05) is 23.2 Å². The smallest absolute Gasteiger partial charge is 0.162 e. The highest BCUT2D eigenvalue weighted by molar-refractivity contribution is 6.35. The first-order valence-corrected chi connectivity index (χ1v) is 13.1. The zero-order valence-electron chi connectivity index (χ0n) is 21.7. The second-order valence-electron chi connectivity index (χ2n) is 9.46. The van der Waals surface area contributed by atoms with Crippen LogP contribution in [0.2, 0.25) is 10.0 Å². The molecular formula is C27H27Cl2N7O3. The van der Waals surface area contributed by atoms with E-state index in [1.807, 2.05) is 24.8 Å². The SMILES string of the molecule is CCOCC1(N)CN(c2ncc(-c3n[nH]c4cc(OC)c(O[C@H](C)c5c(Cl)cncc5Cl)cc34)cc2C#N)C1. The van der Waals surface area contributed by atoms with Crippen molar-refractivity contribution in [1.29, 1.82) is 5.26 Å². The maximum Gasteiger partial charge on any atom is 0.162 e. The summed E-state index contributed by atoms with van der Waals surface area (Å²) in [6.07, 6.45) is 4.25. The van der Waals surface area contributed by atoms with Crippen molar-refractivity contribution >= 4 is 39.9 Å². The number of anilines is 1. The molecule has 0 aliphatic carbocycles. The molecule has 1 aliphatic rings. The lowest BCUT2D eigenvalue weighted by atomic mass is 9.91. The molecule has 5 rings (SSSR count). The molecule has 202 valence electrons. The molecule has 1 saturated heterocycles. The summed E-state index contributed by atoms with van der Waals surface area (Å²) in [4.78, 5) is 10.6. The van der Waals surface area contributed by atoms with Gasteiger partial charge in [-0.2, -0.15) is 10.4 Å². The van der Waals surface area contributed by atoms with Crippen LogP contribution in [0, 0.1) is 11.3 Å². The van der Waals surface area contributed by atoms with E-state index < -0.39 is 11.6 Å². The number of nitrogens with one attached hydrogen (secondary N) is 1. The summed E-state index contributed by atoms with van der Waals surface area (Å²) in [6, 6.07) is 7.67. The third kappa shape index (κ3) is 5.18. The highest BCUT2D eigenvalue weighted by Crippen LogP contribution is 2.40. The number of fused-ring (bicyclic) bond motifs is 1. The van der Waals surface area contributed by atoms with Gasteiger partial charge in [-0.05, 0) is 26.0 Å². The summed E-state index contributed by atoms with van der Waals surface area (Å²) in [5.41, 5.74) is 9.01. The number of nitrogens with two attached hydrogens (primary N) is 1. The molecule has 0 saturated carbocycles. The van der Waals surface area contributed by atoms with Gasteiger partial charge in [-0.25, -0.2) is 4.98 Å². The van der Waals surface area contributed by atoms with Gasteiger partial charge in [-0.3, -0.25) is 10.1 Å². The van der Waals surface area contributed by atoms with Crippen molar-refractivity contribution < 1.29 is 14.2 Å². The van der Waals surface area contributed by atoms with E-state index in [-0.39, 0.29) is 0 Å². The van der Waals surface area contributed by atoms with Gasteiger partial charge >= 0.3 is 0 Å². The van der Waals surface area contributed by atoms with Gasteiger partial charge < -0.3 is 24.8 Å². The van der Waals surface area contributed by atoms with Crippen LogP contribution in [0.25, 0.3) is 22.2 Å². The number of pyridine rings is 2. The summed E-state index contributed by atoms with van der Waals surface area (Å²) in [5.74, 6) is 1.57. The first-order chi connectivity index (χ1) is 18.8. The molecule has 0 unspecified atom stereocenters. The van der Waals surface area contributed by atoms with Crippen LogP contribution >= 0.6 is 23.2 Å². The molecule has 1 fully saturated rings. The van der Waals surface area contributed by atoms with Gasteiger partial charge in [0.05, 0.1) is 40.4 Å². The van der Waals surface area contributed by atoms with Gasteiger partial charge in [0.25, 0.3) is 0 Å². The van der Waals surface area contributed by atoms with E-state index in [4.69, 9.17) is 43.1 Å². The van der Waals surface area contributed by atoms with Gasteiger partial charge in [0.2, 0.25) is 0 Å². The summed E-state index contributed by atoms with van der Waals surface area (Å²) in [7, 11) is 1.56. The number of ether oxygens (including phenoxy) is 3. The van der Waals surface area contributed by atoms with E-state index in [0.717, 1.165) is 10.9 Å². The highest BCUT2D eigenvalue weighted by atomic mass is 35.5. The standard InChI is InChI=1S/C27H27Cl2N7O3/c1-4-38-14-27(31)12-36(13-27)26-16(8-30)5-17(9-33-26)25-18-6-23(22(37-3)7-21(18)34-35-25)39-15(2)24-19(28)10-32-11-20(24)29/h5-7,9-11,15H,4,12-14,31H2,1-3H3,(H,34,35)/t15-/m1/s1. The molecule has 1 atom stereocenters. The summed E-state index contributed by atoms with van der Waals surface area (Å²) < 4.78 is 17.3. The summed E-state index contributed by atoms with van der Waals surface area (Å²) in [5, 5.41) is 19.0. The zero-order valence-corrected chi connectivity index (χ0v) is 23.2. The Labute approximate surface area is 235 Å². The maximum atomic E-state index is 9.89. The number of aromatic nitrogens is 4. The minimum atomic E-state index is -0.491. The lowest BCUT2D eigenvalue weighted by Gasteiger charge is -2.48. The Morgan fingerprint density at radius 3 is 2.59 bits per heavy atom. The van der Waals surface area contributed by atoms with E-state index in [1.165, 1.54) is 12.4 Å². The van der Waals surface area contributed by atoms with E-state index in [1.54, 1.807) is 25.4 Å². The molecule has 1 aromatic carbocycles. The number of nitrogens with zero attached hydrogens (tertiary/aromatic N) is 5. The molecule has 0 radical (unpaired) electrons. The van der Waals surface area contributed by atoms with Crippen molar-refractivity contribution in [2.45, 2.75) is 25.5 Å². The van der Waals surface area contributed by atoms with Gasteiger partial charge in [0.15, 0.2) is 11.5 Å². The highest BCUT2D eigenvalue weighted by Gasteiger charge is 2.41. The average Bonchev–Trinajstić information content (AvgIpc) is 3.32. The summed E-state index contributed by atoms with van der Waals surface area (Å²) >= 11 is 12.7. The summed E-state index contributed by atoms with van der Waals surface area (Å²) in [6.45, 7) is 5.97. The molecule has 3 N–H and O–H groups in total. The Bertz CT molecular complexity index is 1540. The fraction of sp³-hybridized carbons (Fsp3) is 0.333. The first kappa shape index (κ1) is 27.0. The van der Waals surface area contributed by atoms with Crippen LogP contribution in [0.1, 0.15) is 31.1 Å². The van der Waals surface area contributed by atoms with E-state index in [2.05, 4.69) is 26.2 Å². The fourth-order valence-corrected chi connectivity index (χ4v) is 5.41. The minimum absolute atomic E-state index is 0.404. The second kappa shape index (κ2) is 10.9. The zero-order chi connectivity index (χ0) is 27.7. The molecule has 1 aliphatic heterocycles. The Kier molecular flexibility index (Phi) is 7.51. The van der Waals surface area contributed by atoms with Crippen molar-refractivity contribution in [3.05, 3.63) is 58.0 Å². The minimum Gasteiger partial charge on any atom is -0.493 e. The van der Waals surface area contributed by atoms with Crippen LogP contribution in [0.4, 0.5) is 5.82 Å². The second-order valence-corrected chi connectivity index (χ2v) is 10.3. The Morgan fingerprint density at radius 1 is 1.18 bits per heavy atom. The molecule has 0 amide bonds. The molecule has 0 spiro atoms. The van der Waals surface area contributed by atoms with Crippen LogP contribution in [-0.4, -0.2) is 59.1 Å². The van der Waals surface area contributed by atoms with Gasteiger partial charge in [0.1, 0.15) is 23.7 Å². The van der Waals surface area contributed by atoms with E-state index >= 15 is 0 Å². The Morgan fingerprint density at radius 2 is 1.92 bits per heavy atom. The number of aromatic amines is 1. The molecule has 12 heteroatoms. The molecule has 4 heterocycles. The number of halogens is 2. The van der Waals surface area contributed by atoms with Crippen LogP contribution in [0.3, 0.4) is 0 Å². The number of methoxy groups -OCH3 is 1. The fourth-order valence-electron chi connectivity index (χ4n) is 4.74. The third-order valence-electron chi connectivity index (χ3n) is 6.61. The van der Waals surface area contributed by atoms with Crippen LogP contribution < -0.4 is 20.1 Å². The molecule has 0 bridgehead atoms.